The zero-order chi connectivity index (χ0) is 45.0. The van der Waals surface area contributed by atoms with Gasteiger partial charge in [0.15, 0.2) is 23.4 Å². The van der Waals surface area contributed by atoms with Gasteiger partial charge in [0, 0.05) is 30.8 Å². The summed E-state index contributed by atoms with van der Waals surface area (Å²) in [7, 11) is -18.0. The van der Waals surface area contributed by atoms with Gasteiger partial charge in [-0.1, -0.05) is 12.5 Å². The molecule has 61 heavy (non-hydrogen) atoms. The van der Waals surface area contributed by atoms with Crippen molar-refractivity contribution in [2.75, 3.05) is 18.9 Å². The van der Waals surface area contributed by atoms with Crippen molar-refractivity contribution in [2.45, 2.75) is 86.2 Å². The van der Waals surface area contributed by atoms with Gasteiger partial charge in [0.1, 0.15) is 43.1 Å². The smallest absolute Gasteiger partial charge is 0.419 e. The van der Waals surface area contributed by atoms with Gasteiger partial charge in [-0.15, -0.1) is 0 Å². The van der Waals surface area contributed by atoms with Gasteiger partial charge in [-0.05, 0) is 19.3 Å². The number of phosphoric ester groups is 3. The Morgan fingerprint density at radius 2 is 1.61 bits per heavy atom. The van der Waals surface area contributed by atoms with Crippen LogP contribution in [0.2, 0.25) is 0 Å². The Labute approximate surface area is 341 Å². The fourth-order valence-corrected chi connectivity index (χ4v) is 9.32. The predicted molar refractivity (Wildman–Crippen MR) is 192 cm³/mol. The number of aromatic nitrogens is 4. The summed E-state index contributed by atoms with van der Waals surface area (Å²) in [5.41, 5.74) is 15.5. The van der Waals surface area contributed by atoms with Crippen LogP contribution in [0.1, 0.15) is 38.5 Å². The zero-order valence-electron chi connectivity index (χ0n) is 31.1. The molecule has 3 fully saturated rings. The summed E-state index contributed by atoms with van der Waals surface area (Å²) in [4.78, 5) is 92.6. The number of aliphatic hydroxyl groups is 3. The van der Waals surface area contributed by atoms with Gasteiger partial charge in [-0.3, -0.25) is 39.6 Å². The van der Waals surface area contributed by atoms with Crippen LogP contribution in [-0.4, -0.2) is 132 Å². The maximum absolute atomic E-state index is 13.5. The van der Waals surface area contributed by atoms with E-state index in [-0.39, 0.29) is 42.6 Å². The highest BCUT2D eigenvalue weighted by Gasteiger charge is 2.87. The molecular formula is C28H40N9O21P3. The largest absolute Gasteiger partial charge is 0.481 e. The van der Waals surface area contributed by atoms with E-state index < -0.39 is 121 Å². The Morgan fingerprint density at radius 1 is 0.951 bits per heavy atom. The Kier molecular flexibility index (Phi) is 12.8. The Balaban J connectivity index is 1.30. The fourth-order valence-electron chi connectivity index (χ4n) is 6.59. The molecule has 0 aliphatic carbocycles. The van der Waals surface area contributed by atoms with Gasteiger partial charge in [-0.2, -0.15) is 4.31 Å². The zero-order valence-corrected chi connectivity index (χ0v) is 33.8. The van der Waals surface area contributed by atoms with Gasteiger partial charge < -0.3 is 65.5 Å². The third-order valence-electron chi connectivity index (χ3n) is 9.50. The minimum absolute atomic E-state index is 0.00412. The Bertz CT molecular complexity index is 2270. The molecule has 338 valence electrons. The summed E-state index contributed by atoms with van der Waals surface area (Å²) >= 11 is 0. The lowest BCUT2D eigenvalue weighted by Crippen LogP contribution is -2.77. The first kappa shape index (κ1) is 46.6. The molecule has 3 saturated heterocycles. The minimum Gasteiger partial charge on any atom is -0.419 e. The van der Waals surface area contributed by atoms with Crippen molar-refractivity contribution in [1.29, 1.82) is 0 Å². The van der Waals surface area contributed by atoms with E-state index in [2.05, 4.69) is 19.3 Å². The number of carbonyl (C=O) groups is 3. The molecule has 33 heteroatoms. The number of amides is 1. The number of nitrogens with zero attached hydrogens (tertiary/aromatic N) is 5. The maximum atomic E-state index is 13.5. The number of imidazole rings is 1. The molecule has 6 heterocycles. The number of ether oxygens (including phenoxy) is 4. The summed E-state index contributed by atoms with van der Waals surface area (Å²) < 4.78 is 80.3. The number of hydrogen-bond acceptors (Lipinski definition) is 24. The number of nitrogens with two attached hydrogens (primary N) is 4. The molecule has 10 atom stereocenters. The van der Waals surface area contributed by atoms with Crippen molar-refractivity contribution >= 4 is 58.3 Å². The number of primary amides is 1. The van der Waals surface area contributed by atoms with Crippen LogP contribution in [-0.2, 0) is 70.8 Å². The molecule has 0 aromatic carbocycles. The average Bonchev–Trinajstić information content (AvgIpc) is 3.75. The van der Waals surface area contributed by atoms with E-state index in [0.29, 0.717) is 10.9 Å². The van der Waals surface area contributed by atoms with Crippen molar-refractivity contribution in [3.05, 3.63) is 36.7 Å². The van der Waals surface area contributed by atoms with Gasteiger partial charge in [-0.25, -0.2) is 37.7 Å². The van der Waals surface area contributed by atoms with Crippen molar-refractivity contribution < 1.29 is 99.8 Å². The summed E-state index contributed by atoms with van der Waals surface area (Å²) in [5, 5.41) is 33.2. The second kappa shape index (κ2) is 16.7. The number of allylic oxidation sites excluding steroid dienone is 1. The van der Waals surface area contributed by atoms with Crippen LogP contribution >= 0.6 is 23.5 Å². The first-order valence-electron chi connectivity index (χ1n) is 17.5. The van der Waals surface area contributed by atoms with Gasteiger partial charge in [0.2, 0.25) is 11.6 Å². The molecule has 2 unspecified atom stereocenters. The molecule has 2 aromatic rings. The molecule has 0 bridgehead atoms. The second-order valence-corrected chi connectivity index (χ2v) is 18.0. The average molecular weight is 932 g/mol. The molecule has 1 amide bonds. The fraction of sp³-hybridized carbons (Fsp3) is 0.571. The number of aliphatic hydroxyl groups excluding tert-OH is 2. The van der Waals surface area contributed by atoms with E-state index in [1.807, 2.05) is 0 Å². The van der Waals surface area contributed by atoms with Gasteiger partial charge in [0.05, 0.1) is 6.61 Å². The van der Waals surface area contributed by atoms with E-state index in [1.165, 1.54) is 23.4 Å². The van der Waals surface area contributed by atoms with Crippen molar-refractivity contribution in [3.63, 3.8) is 0 Å². The number of hydrogen-bond donors (Lipinski definition) is 11. The Morgan fingerprint density at radius 3 is 2.26 bits per heavy atom. The van der Waals surface area contributed by atoms with Crippen molar-refractivity contribution in [1.82, 2.24) is 24.4 Å². The van der Waals surface area contributed by atoms with Gasteiger partial charge >= 0.3 is 47.1 Å². The van der Waals surface area contributed by atoms with Crippen LogP contribution in [0.3, 0.4) is 0 Å². The summed E-state index contributed by atoms with van der Waals surface area (Å²) in [6, 6.07) is 0. The first-order valence-corrected chi connectivity index (χ1v) is 22.0. The molecule has 30 nitrogen and oxygen atoms in total. The molecule has 6 rings (SSSR count). The second-order valence-electron chi connectivity index (χ2n) is 13.8. The van der Waals surface area contributed by atoms with E-state index in [0.717, 1.165) is 6.33 Å². The summed E-state index contributed by atoms with van der Waals surface area (Å²) in [5.74, 6) is -11.6. The predicted octanol–water partition coefficient (Wildman–Crippen LogP) is -3.51. The maximum Gasteiger partial charge on any atom is 0.481 e. The highest BCUT2D eigenvalue weighted by atomic mass is 31.3. The Hall–Kier alpha value is -3.87. The van der Waals surface area contributed by atoms with E-state index in [4.69, 9.17) is 55.5 Å². The van der Waals surface area contributed by atoms with Crippen LogP contribution < -0.4 is 22.9 Å². The van der Waals surface area contributed by atoms with Crippen LogP contribution in [0, 0.1) is 0 Å². The standard InChI is InChI=1S/C28H40N9O21P3/c29-21-18-23(34-12-33-21)37(13-35-18)28-27(57-59(44,45)46,54-16(38)6-2-1-3-7-17(39)55-28)26(32,43)25(31,56-28)11-52-61(49,50)58-60(47,48)51-10-15-19(40)20(41)24(53-15)36-8-4-5-14(9-36)22(30)42/h4,8-9,12-13,15,19-20,24,40-41,43H,1-3,5-7,10-11,31-32H2,(H2,30,42)(H,47,48)(H,49,50)(H2,29,33,34)(H2,44,45,46)/t15-,19-,20-,24-,25-,26-,27-,28+/m1/s1. The topological polar surface area (TPSA) is 469 Å². The molecule has 0 saturated carbocycles. The lowest BCUT2D eigenvalue weighted by atomic mass is 9.93. The summed E-state index contributed by atoms with van der Waals surface area (Å²) in [6.07, 6.45) is -1.58. The number of phosphoric acid groups is 3. The quantitative estimate of drug-likeness (QED) is 0.0527. The molecule has 4 aliphatic heterocycles. The molecule has 4 aliphatic rings. The van der Waals surface area contributed by atoms with E-state index in [1.54, 1.807) is 0 Å². The molecular weight excluding hydrogens is 891 g/mol. The molecule has 15 N–H and O–H groups in total. The number of fused-ring (bicyclic) bond motifs is 2. The highest BCUT2D eigenvalue weighted by Crippen LogP contribution is 2.64. The number of carbonyl (C=O) groups excluding carboxylic acids is 3. The van der Waals surface area contributed by atoms with Crippen LogP contribution in [0.4, 0.5) is 5.82 Å². The van der Waals surface area contributed by atoms with Crippen LogP contribution in [0.15, 0.2) is 36.7 Å². The monoisotopic (exact) mass is 931 g/mol. The lowest BCUT2D eigenvalue weighted by Gasteiger charge is -2.45. The number of rotatable bonds is 13. The lowest BCUT2D eigenvalue weighted by molar-refractivity contribution is -0.393. The van der Waals surface area contributed by atoms with Gasteiger partial charge in [0.25, 0.3) is 0 Å². The van der Waals surface area contributed by atoms with Crippen LogP contribution in [0.25, 0.3) is 11.2 Å². The first-order chi connectivity index (χ1) is 28.3. The summed E-state index contributed by atoms with van der Waals surface area (Å²) in [6.45, 7) is -2.96. The van der Waals surface area contributed by atoms with E-state index >= 15 is 0 Å². The molecule has 0 radical (unpaired) electrons. The van der Waals surface area contributed by atoms with Crippen LogP contribution in [0.5, 0.6) is 0 Å². The number of anilines is 1. The van der Waals surface area contributed by atoms with Crippen molar-refractivity contribution in [2.24, 2.45) is 17.2 Å². The van der Waals surface area contributed by atoms with E-state index in [9.17, 15) is 63.0 Å². The molecule has 0 spiro atoms. The van der Waals surface area contributed by atoms with Crippen molar-refractivity contribution in [3.8, 4) is 0 Å². The normalized spacial score (nSPS) is 34.4. The molecule has 2 aromatic heterocycles. The SMILES string of the molecule is NC(=O)C1=CN([C@@H]2O[C@H](COP(=O)(O)OP(=O)(O)OC[C@@]3(N)O[C@@]4(n5cnc6c(N)ncnc65)OC(=O)CCCCCC(=O)O[C@@]4(OP(=O)(O)O)[C@]3(N)O)[C@@H](O)[C@H]2O)C=CC1. The number of nitrogen functional groups attached to an aromatic ring is 1. The third kappa shape index (κ3) is 9.01. The minimum atomic E-state index is -6.17. The third-order valence-corrected chi connectivity index (χ3v) is 12.6. The number of esters is 2. The highest BCUT2D eigenvalue weighted by molar-refractivity contribution is 7.61.